The zero-order chi connectivity index (χ0) is 14.1. The lowest BCUT2D eigenvalue weighted by atomic mass is 10.1. The lowest BCUT2D eigenvalue weighted by molar-refractivity contribution is -0.151. The van der Waals surface area contributed by atoms with Gasteiger partial charge in [0.15, 0.2) is 0 Å². The quantitative estimate of drug-likeness (QED) is 0.513. The highest BCUT2D eigenvalue weighted by atomic mass is 16.5. The van der Waals surface area contributed by atoms with Crippen LogP contribution in [0.4, 0.5) is 0 Å². The summed E-state index contributed by atoms with van der Waals surface area (Å²) in [6.07, 6.45) is 0.999. The SMILES string of the molecule is C=CC(=O)OCC(CCOC(=O)C(=C)C)C(=O)O. The third kappa shape index (κ3) is 6.47. The maximum Gasteiger partial charge on any atom is 0.333 e. The highest BCUT2D eigenvalue weighted by molar-refractivity contribution is 5.86. The Hall–Kier alpha value is -2.11. The van der Waals surface area contributed by atoms with Gasteiger partial charge in [0.05, 0.1) is 12.5 Å². The third-order valence-electron chi connectivity index (χ3n) is 1.99. The lowest BCUT2D eigenvalue weighted by Crippen LogP contribution is -2.23. The molecule has 0 radical (unpaired) electrons. The van der Waals surface area contributed by atoms with Crippen LogP contribution in [0, 0.1) is 5.92 Å². The van der Waals surface area contributed by atoms with E-state index in [-0.39, 0.29) is 25.2 Å². The molecule has 0 aromatic rings. The minimum Gasteiger partial charge on any atom is -0.481 e. The van der Waals surface area contributed by atoms with Gasteiger partial charge >= 0.3 is 17.9 Å². The number of ether oxygens (including phenoxy) is 2. The monoisotopic (exact) mass is 256 g/mol. The molecule has 0 bridgehead atoms. The van der Waals surface area contributed by atoms with Gasteiger partial charge < -0.3 is 14.6 Å². The van der Waals surface area contributed by atoms with Crippen LogP contribution in [0.1, 0.15) is 13.3 Å². The fraction of sp³-hybridized carbons (Fsp3) is 0.417. The van der Waals surface area contributed by atoms with Gasteiger partial charge in [0.25, 0.3) is 0 Å². The van der Waals surface area contributed by atoms with Crippen molar-refractivity contribution in [1.29, 1.82) is 0 Å². The van der Waals surface area contributed by atoms with Crippen LogP contribution in [0.3, 0.4) is 0 Å². The van der Waals surface area contributed by atoms with E-state index in [0.717, 1.165) is 6.08 Å². The molecule has 1 N–H and O–H groups in total. The molecule has 0 aromatic heterocycles. The van der Waals surface area contributed by atoms with E-state index < -0.39 is 23.8 Å². The Kier molecular flexibility index (Phi) is 7.11. The predicted octanol–water partition coefficient (Wildman–Crippen LogP) is 0.926. The van der Waals surface area contributed by atoms with Crippen molar-refractivity contribution in [3.8, 4) is 0 Å². The van der Waals surface area contributed by atoms with Gasteiger partial charge in [0, 0.05) is 11.6 Å². The van der Waals surface area contributed by atoms with Crippen LogP contribution in [-0.4, -0.2) is 36.2 Å². The molecular weight excluding hydrogens is 240 g/mol. The Bertz CT molecular complexity index is 358. The second-order valence-electron chi connectivity index (χ2n) is 3.57. The van der Waals surface area contributed by atoms with Gasteiger partial charge in [-0.3, -0.25) is 4.79 Å². The molecule has 0 saturated heterocycles. The molecule has 6 heteroatoms. The number of carbonyl (C=O) groups excluding carboxylic acids is 2. The first-order chi connectivity index (χ1) is 8.38. The normalized spacial score (nSPS) is 11.2. The van der Waals surface area contributed by atoms with E-state index >= 15 is 0 Å². The summed E-state index contributed by atoms with van der Waals surface area (Å²) in [5, 5.41) is 8.86. The minimum atomic E-state index is -1.13. The summed E-state index contributed by atoms with van der Waals surface area (Å²) in [6.45, 7) is 7.70. The molecule has 0 spiro atoms. The molecule has 100 valence electrons. The van der Waals surface area contributed by atoms with E-state index in [4.69, 9.17) is 9.84 Å². The fourth-order valence-electron chi connectivity index (χ4n) is 0.937. The van der Waals surface area contributed by atoms with E-state index in [9.17, 15) is 14.4 Å². The molecule has 0 amide bonds. The fourth-order valence-corrected chi connectivity index (χ4v) is 0.937. The summed E-state index contributed by atoms with van der Waals surface area (Å²) in [5.41, 5.74) is 0.236. The van der Waals surface area contributed by atoms with Crippen LogP contribution in [0.15, 0.2) is 24.8 Å². The molecular formula is C12H16O6. The van der Waals surface area contributed by atoms with Gasteiger partial charge in [-0.15, -0.1) is 0 Å². The Balaban J connectivity index is 4.09. The molecule has 0 fully saturated rings. The van der Waals surface area contributed by atoms with Crippen molar-refractivity contribution < 1.29 is 29.0 Å². The van der Waals surface area contributed by atoms with E-state index in [1.807, 2.05) is 0 Å². The van der Waals surface area contributed by atoms with E-state index in [2.05, 4.69) is 17.9 Å². The number of esters is 2. The van der Waals surface area contributed by atoms with Gasteiger partial charge in [-0.05, 0) is 13.3 Å². The molecule has 0 aliphatic heterocycles. The van der Waals surface area contributed by atoms with E-state index in [1.54, 1.807) is 0 Å². The largest absolute Gasteiger partial charge is 0.481 e. The van der Waals surface area contributed by atoms with Crippen molar-refractivity contribution in [2.45, 2.75) is 13.3 Å². The standard InChI is InChI=1S/C12H16O6/c1-4-10(13)18-7-9(11(14)15)5-6-17-12(16)8(2)3/h4,9H,1-2,5-7H2,3H3,(H,14,15). The summed E-state index contributed by atoms with van der Waals surface area (Å²) in [6, 6.07) is 0. The van der Waals surface area contributed by atoms with Gasteiger partial charge in [-0.2, -0.15) is 0 Å². The highest BCUT2D eigenvalue weighted by Crippen LogP contribution is 2.06. The van der Waals surface area contributed by atoms with Gasteiger partial charge in [0.2, 0.25) is 0 Å². The summed E-state index contributed by atoms with van der Waals surface area (Å²) < 4.78 is 9.38. The molecule has 1 unspecified atom stereocenters. The average Bonchev–Trinajstić information content (AvgIpc) is 2.31. The molecule has 0 rings (SSSR count). The summed E-state index contributed by atoms with van der Waals surface area (Å²) in [4.78, 5) is 32.7. The summed E-state index contributed by atoms with van der Waals surface area (Å²) >= 11 is 0. The van der Waals surface area contributed by atoms with Crippen molar-refractivity contribution in [3.63, 3.8) is 0 Å². The second-order valence-corrected chi connectivity index (χ2v) is 3.57. The Morgan fingerprint density at radius 3 is 2.39 bits per heavy atom. The zero-order valence-electron chi connectivity index (χ0n) is 10.2. The topological polar surface area (TPSA) is 89.9 Å². The van der Waals surface area contributed by atoms with Gasteiger partial charge in [-0.25, -0.2) is 9.59 Å². The highest BCUT2D eigenvalue weighted by Gasteiger charge is 2.19. The summed E-state index contributed by atoms with van der Waals surface area (Å²) in [7, 11) is 0. The first-order valence-corrected chi connectivity index (χ1v) is 5.23. The number of rotatable bonds is 8. The maximum absolute atomic E-state index is 11.0. The molecule has 0 aliphatic rings. The van der Waals surface area contributed by atoms with Gasteiger partial charge in [-0.1, -0.05) is 13.2 Å². The first kappa shape index (κ1) is 15.9. The maximum atomic E-state index is 11.0. The third-order valence-corrected chi connectivity index (χ3v) is 1.99. The molecule has 0 saturated carbocycles. The lowest BCUT2D eigenvalue weighted by Gasteiger charge is -2.12. The molecule has 1 atom stereocenters. The molecule has 6 nitrogen and oxygen atoms in total. The average molecular weight is 256 g/mol. The van der Waals surface area contributed by atoms with Crippen molar-refractivity contribution in [3.05, 3.63) is 24.8 Å². The number of hydrogen-bond acceptors (Lipinski definition) is 5. The van der Waals surface area contributed by atoms with Crippen LogP contribution in [0.5, 0.6) is 0 Å². The number of hydrogen-bond donors (Lipinski definition) is 1. The Morgan fingerprint density at radius 1 is 1.33 bits per heavy atom. The number of carbonyl (C=O) groups is 3. The Morgan fingerprint density at radius 2 is 1.94 bits per heavy atom. The number of carboxylic acids is 1. The molecule has 0 aliphatic carbocycles. The van der Waals surface area contributed by atoms with Crippen molar-refractivity contribution >= 4 is 17.9 Å². The smallest absolute Gasteiger partial charge is 0.333 e. The number of aliphatic carboxylic acids is 1. The Labute approximate surface area is 105 Å². The molecule has 18 heavy (non-hydrogen) atoms. The van der Waals surface area contributed by atoms with Crippen LogP contribution >= 0.6 is 0 Å². The van der Waals surface area contributed by atoms with E-state index in [1.165, 1.54) is 6.92 Å². The summed E-state index contributed by atoms with van der Waals surface area (Å²) in [5.74, 6) is -3.33. The molecule has 0 heterocycles. The van der Waals surface area contributed by atoms with Crippen molar-refractivity contribution in [1.82, 2.24) is 0 Å². The van der Waals surface area contributed by atoms with Crippen LogP contribution < -0.4 is 0 Å². The number of carboxylic acid groups (broad SMARTS) is 1. The minimum absolute atomic E-state index is 0.0543. The van der Waals surface area contributed by atoms with Crippen LogP contribution in [0.25, 0.3) is 0 Å². The van der Waals surface area contributed by atoms with E-state index in [0.29, 0.717) is 0 Å². The van der Waals surface area contributed by atoms with Crippen molar-refractivity contribution in [2.75, 3.05) is 13.2 Å². The molecule has 0 aromatic carbocycles. The van der Waals surface area contributed by atoms with Gasteiger partial charge in [0.1, 0.15) is 6.61 Å². The second kappa shape index (κ2) is 8.05. The first-order valence-electron chi connectivity index (χ1n) is 5.23. The van der Waals surface area contributed by atoms with Crippen LogP contribution in [0.2, 0.25) is 0 Å². The van der Waals surface area contributed by atoms with Crippen molar-refractivity contribution in [2.24, 2.45) is 5.92 Å². The predicted molar refractivity (Wildman–Crippen MR) is 62.7 cm³/mol. The van der Waals surface area contributed by atoms with Crippen LogP contribution in [-0.2, 0) is 23.9 Å². The zero-order valence-corrected chi connectivity index (χ0v) is 10.2.